The molecule has 0 saturated carbocycles. The minimum Gasteiger partial charge on any atom is -0.495 e. The molecule has 0 aliphatic heterocycles. The van der Waals surface area contributed by atoms with E-state index in [1.165, 1.54) is 6.33 Å². The molecule has 0 aliphatic carbocycles. The highest BCUT2D eigenvalue weighted by Crippen LogP contribution is 2.26. The van der Waals surface area contributed by atoms with E-state index in [4.69, 9.17) is 21.1 Å². The molecule has 0 unspecified atom stereocenters. The lowest BCUT2D eigenvalue weighted by Crippen LogP contribution is -1.99. The van der Waals surface area contributed by atoms with E-state index in [1.54, 1.807) is 37.7 Å². The van der Waals surface area contributed by atoms with Crippen molar-refractivity contribution in [2.75, 3.05) is 7.11 Å². The zero-order chi connectivity index (χ0) is 20.2. The van der Waals surface area contributed by atoms with E-state index in [0.29, 0.717) is 23.1 Å². The summed E-state index contributed by atoms with van der Waals surface area (Å²) in [5, 5.41) is 0.656. The first kappa shape index (κ1) is 19.0. The Bertz CT molecular complexity index is 1130. The number of benzene rings is 2. The molecule has 0 saturated heterocycles. The van der Waals surface area contributed by atoms with Crippen molar-refractivity contribution in [3.8, 4) is 23.1 Å². The van der Waals surface area contributed by atoms with Crippen LogP contribution >= 0.6 is 11.6 Å². The maximum atomic E-state index is 5.91. The van der Waals surface area contributed by atoms with Crippen LogP contribution in [0.25, 0.3) is 5.69 Å². The Morgan fingerprint density at radius 2 is 1.83 bits per heavy atom. The van der Waals surface area contributed by atoms with Crippen LogP contribution in [0.4, 0.5) is 0 Å². The molecule has 0 aliphatic rings. The van der Waals surface area contributed by atoms with E-state index in [0.717, 1.165) is 28.4 Å². The molecule has 2 aromatic carbocycles. The predicted molar refractivity (Wildman–Crippen MR) is 111 cm³/mol. The number of aromatic nitrogens is 4. The van der Waals surface area contributed by atoms with Crippen molar-refractivity contribution in [2.24, 2.45) is 0 Å². The number of nitrogens with zero attached hydrogens (tertiary/aromatic N) is 4. The van der Waals surface area contributed by atoms with Crippen molar-refractivity contribution in [3.63, 3.8) is 0 Å². The molecule has 0 atom stereocenters. The van der Waals surface area contributed by atoms with Crippen molar-refractivity contribution in [2.45, 2.75) is 13.3 Å². The number of rotatable bonds is 6. The van der Waals surface area contributed by atoms with Gasteiger partial charge in [0.25, 0.3) is 0 Å². The number of hydrogen-bond donors (Lipinski definition) is 0. The van der Waals surface area contributed by atoms with Crippen molar-refractivity contribution in [3.05, 3.63) is 89.4 Å². The van der Waals surface area contributed by atoms with E-state index in [9.17, 15) is 0 Å². The largest absolute Gasteiger partial charge is 0.495 e. The second-order valence-electron chi connectivity index (χ2n) is 6.51. The molecule has 7 heteroatoms. The molecule has 4 aromatic rings. The molecule has 4 rings (SSSR count). The van der Waals surface area contributed by atoms with Crippen LogP contribution in [0.2, 0.25) is 5.02 Å². The summed E-state index contributed by atoms with van der Waals surface area (Å²) >= 11 is 5.91. The quantitative estimate of drug-likeness (QED) is 0.450. The Morgan fingerprint density at radius 1 is 1.00 bits per heavy atom. The van der Waals surface area contributed by atoms with E-state index >= 15 is 0 Å². The molecule has 0 fully saturated rings. The number of methoxy groups -OCH3 is 1. The first-order chi connectivity index (χ1) is 14.1. The summed E-state index contributed by atoms with van der Waals surface area (Å²) in [5.74, 6) is 1.92. The summed E-state index contributed by atoms with van der Waals surface area (Å²) in [6.45, 7) is 1.95. The molecule has 2 heterocycles. The van der Waals surface area contributed by atoms with Crippen molar-refractivity contribution in [1.29, 1.82) is 0 Å². The van der Waals surface area contributed by atoms with Gasteiger partial charge in [-0.15, -0.1) is 0 Å². The monoisotopic (exact) mass is 406 g/mol. The standard InChI is InChI=1S/C22H19ClN4O2/c1-15-12-27(14-26-15)20-8-3-16(10-21(20)28-2)9-18-11-22(25-13-24-18)29-19-6-4-17(23)5-7-19/h3-8,10-14H,9H2,1-2H3. The van der Waals surface area contributed by atoms with E-state index in [2.05, 4.69) is 21.0 Å². The smallest absolute Gasteiger partial charge is 0.222 e. The fourth-order valence-corrected chi connectivity index (χ4v) is 3.09. The normalized spacial score (nSPS) is 10.7. The number of ether oxygens (including phenoxy) is 2. The lowest BCUT2D eigenvalue weighted by molar-refractivity contribution is 0.412. The van der Waals surface area contributed by atoms with Gasteiger partial charge in [0.2, 0.25) is 5.88 Å². The van der Waals surface area contributed by atoms with Crippen LogP contribution in [0.3, 0.4) is 0 Å². The molecular weight excluding hydrogens is 388 g/mol. The molecular formula is C22H19ClN4O2. The molecule has 0 N–H and O–H groups in total. The van der Waals surface area contributed by atoms with Gasteiger partial charge >= 0.3 is 0 Å². The third kappa shape index (κ3) is 4.55. The summed E-state index contributed by atoms with van der Waals surface area (Å²) in [6.07, 6.45) is 5.86. The summed E-state index contributed by atoms with van der Waals surface area (Å²) in [6, 6.07) is 15.0. The Morgan fingerprint density at radius 3 is 2.55 bits per heavy atom. The number of hydrogen-bond acceptors (Lipinski definition) is 5. The van der Waals surface area contributed by atoms with Crippen LogP contribution in [0.1, 0.15) is 17.0 Å². The van der Waals surface area contributed by atoms with Crippen LogP contribution < -0.4 is 9.47 Å². The van der Waals surface area contributed by atoms with Gasteiger partial charge in [-0.3, -0.25) is 0 Å². The third-order valence-corrected chi connectivity index (χ3v) is 4.61. The van der Waals surface area contributed by atoms with Crippen LogP contribution in [0, 0.1) is 6.92 Å². The maximum Gasteiger partial charge on any atom is 0.222 e. The topological polar surface area (TPSA) is 62.1 Å². The van der Waals surface area contributed by atoms with Crippen molar-refractivity contribution >= 4 is 11.6 Å². The molecule has 0 spiro atoms. The Kier molecular flexibility index (Phi) is 5.44. The molecule has 0 bridgehead atoms. The van der Waals surface area contributed by atoms with Crippen molar-refractivity contribution < 1.29 is 9.47 Å². The summed E-state index contributed by atoms with van der Waals surface area (Å²) in [4.78, 5) is 12.8. The lowest BCUT2D eigenvalue weighted by Gasteiger charge is -2.11. The van der Waals surface area contributed by atoms with Crippen LogP contribution in [0.15, 0.2) is 67.4 Å². The zero-order valence-corrected chi connectivity index (χ0v) is 16.8. The second-order valence-corrected chi connectivity index (χ2v) is 6.95. The van der Waals surface area contributed by atoms with Crippen LogP contribution in [0.5, 0.6) is 17.4 Å². The van der Waals surface area contributed by atoms with Gasteiger partial charge in [-0.25, -0.2) is 15.0 Å². The summed E-state index contributed by atoms with van der Waals surface area (Å²) in [7, 11) is 1.66. The van der Waals surface area contributed by atoms with Crippen LogP contribution in [-0.4, -0.2) is 26.6 Å². The van der Waals surface area contributed by atoms with Gasteiger partial charge in [-0.05, 0) is 48.9 Å². The molecule has 29 heavy (non-hydrogen) atoms. The average molecular weight is 407 g/mol. The van der Waals surface area contributed by atoms with E-state index < -0.39 is 0 Å². The number of aryl methyl sites for hydroxylation is 1. The summed E-state index contributed by atoms with van der Waals surface area (Å²) < 4.78 is 13.3. The highest BCUT2D eigenvalue weighted by atomic mass is 35.5. The Labute approximate surface area is 173 Å². The number of halogens is 1. The minimum atomic E-state index is 0.481. The van der Waals surface area contributed by atoms with Crippen molar-refractivity contribution in [1.82, 2.24) is 19.5 Å². The van der Waals surface area contributed by atoms with Gasteiger partial charge in [-0.1, -0.05) is 17.7 Å². The Balaban J connectivity index is 1.53. The fraction of sp³-hybridized carbons (Fsp3) is 0.136. The molecule has 146 valence electrons. The van der Waals surface area contributed by atoms with Gasteiger partial charge in [0.1, 0.15) is 17.8 Å². The summed E-state index contributed by atoms with van der Waals surface area (Å²) in [5.41, 5.74) is 3.80. The van der Waals surface area contributed by atoms with Crippen LogP contribution in [-0.2, 0) is 6.42 Å². The molecule has 0 amide bonds. The molecule has 0 radical (unpaired) electrons. The average Bonchev–Trinajstić information content (AvgIpc) is 3.16. The minimum absolute atomic E-state index is 0.481. The molecule has 2 aromatic heterocycles. The van der Waals surface area contributed by atoms with E-state index in [1.807, 2.05) is 35.9 Å². The SMILES string of the molecule is COc1cc(Cc2cc(Oc3ccc(Cl)cc3)ncn2)ccc1-n1cnc(C)c1. The third-order valence-electron chi connectivity index (χ3n) is 4.35. The highest BCUT2D eigenvalue weighted by molar-refractivity contribution is 6.30. The van der Waals surface area contributed by atoms with E-state index in [-0.39, 0.29) is 0 Å². The first-order valence-corrected chi connectivity index (χ1v) is 9.41. The zero-order valence-electron chi connectivity index (χ0n) is 16.0. The maximum absolute atomic E-state index is 5.91. The lowest BCUT2D eigenvalue weighted by atomic mass is 10.1. The van der Waals surface area contributed by atoms with Gasteiger partial charge in [-0.2, -0.15) is 0 Å². The van der Waals surface area contributed by atoms with Gasteiger partial charge in [0.05, 0.1) is 30.5 Å². The number of imidazole rings is 1. The second kappa shape index (κ2) is 8.32. The predicted octanol–water partition coefficient (Wildman–Crippen LogP) is 5.02. The van der Waals surface area contributed by atoms with Gasteiger partial charge < -0.3 is 14.0 Å². The van der Waals surface area contributed by atoms with Gasteiger partial charge in [0.15, 0.2) is 0 Å². The van der Waals surface area contributed by atoms with Gasteiger partial charge in [0, 0.05) is 23.7 Å². The highest BCUT2D eigenvalue weighted by Gasteiger charge is 2.09. The Hall–Kier alpha value is -3.38. The first-order valence-electron chi connectivity index (χ1n) is 9.03. The fourth-order valence-electron chi connectivity index (χ4n) is 2.96. The molecule has 6 nitrogen and oxygen atoms in total.